The number of rotatable bonds is 4. The fourth-order valence-corrected chi connectivity index (χ4v) is 1.99. The average molecular weight is 288 g/mol. The molecular formula is C16H17FN2O2. The first-order valence-corrected chi connectivity index (χ1v) is 6.56. The Hall–Kier alpha value is -2.56. The number of para-hydroxylation sites is 1. The summed E-state index contributed by atoms with van der Waals surface area (Å²) in [7, 11) is 0. The Balaban J connectivity index is 2.15. The summed E-state index contributed by atoms with van der Waals surface area (Å²) in [5, 5.41) is 15.5. The Morgan fingerprint density at radius 2 is 2.05 bits per heavy atom. The Morgan fingerprint density at radius 3 is 2.76 bits per heavy atom. The van der Waals surface area contributed by atoms with E-state index >= 15 is 0 Å². The molecule has 0 fully saturated rings. The Morgan fingerprint density at radius 1 is 1.29 bits per heavy atom. The maximum atomic E-state index is 13.3. The number of nitrogens with one attached hydrogen (secondary N) is 2. The van der Waals surface area contributed by atoms with Crippen LogP contribution in [0, 0.1) is 12.7 Å². The first-order valence-electron chi connectivity index (χ1n) is 6.56. The molecule has 0 saturated carbocycles. The number of phenolic OH excluding ortho intramolecular Hbond substituents is 1. The predicted molar refractivity (Wildman–Crippen MR) is 80.9 cm³/mol. The van der Waals surface area contributed by atoms with Crippen molar-refractivity contribution < 1.29 is 14.3 Å². The van der Waals surface area contributed by atoms with Crippen LogP contribution in [-0.2, 0) is 11.3 Å². The molecule has 0 bridgehead atoms. The second kappa shape index (κ2) is 6.26. The van der Waals surface area contributed by atoms with Crippen molar-refractivity contribution in [2.75, 3.05) is 10.6 Å². The van der Waals surface area contributed by atoms with Crippen LogP contribution in [0.5, 0.6) is 5.75 Å². The number of aryl methyl sites for hydroxylation is 1. The lowest BCUT2D eigenvalue weighted by molar-refractivity contribution is -0.114. The highest BCUT2D eigenvalue weighted by atomic mass is 19.1. The first kappa shape index (κ1) is 14.8. The van der Waals surface area contributed by atoms with E-state index in [1.165, 1.54) is 13.0 Å². The molecule has 0 aliphatic rings. The lowest BCUT2D eigenvalue weighted by Crippen LogP contribution is -2.07. The SMILES string of the molecule is CC(=O)Nc1ccc(C)c(NCc2cccc(F)c2O)c1. The van der Waals surface area contributed by atoms with Gasteiger partial charge in [0.1, 0.15) is 0 Å². The number of hydrogen-bond donors (Lipinski definition) is 3. The number of aromatic hydroxyl groups is 1. The van der Waals surface area contributed by atoms with Gasteiger partial charge in [0.05, 0.1) is 0 Å². The first-order chi connectivity index (χ1) is 9.97. The molecular weight excluding hydrogens is 271 g/mol. The zero-order valence-corrected chi connectivity index (χ0v) is 11.9. The summed E-state index contributed by atoms with van der Waals surface area (Å²) < 4.78 is 13.3. The highest BCUT2D eigenvalue weighted by Crippen LogP contribution is 2.24. The van der Waals surface area contributed by atoms with Crippen LogP contribution in [0.2, 0.25) is 0 Å². The summed E-state index contributed by atoms with van der Waals surface area (Å²) in [5.41, 5.74) is 2.95. The van der Waals surface area contributed by atoms with Gasteiger partial charge in [-0.2, -0.15) is 0 Å². The Kier molecular flexibility index (Phi) is 4.42. The van der Waals surface area contributed by atoms with Crippen LogP contribution >= 0.6 is 0 Å². The van der Waals surface area contributed by atoms with Gasteiger partial charge in [0, 0.05) is 30.4 Å². The van der Waals surface area contributed by atoms with Gasteiger partial charge in [0.25, 0.3) is 0 Å². The van der Waals surface area contributed by atoms with Crippen LogP contribution in [0.25, 0.3) is 0 Å². The fraction of sp³-hybridized carbons (Fsp3) is 0.188. The van der Waals surface area contributed by atoms with Crippen molar-refractivity contribution in [3.8, 4) is 5.75 Å². The molecule has 0 heterocycles. The summed E-state index contributed by atoms with van der Waals surface area (Å²) in [4.78, 5) is 11.1. The minimum atomic E-state index is -0.641. The summed E-state index contributed by atoms with van der Waals surface area (Å²) in [5.74, 6) is -1.13. The lowest BCUT2D eigenvalue weighted by Gasteiger charge is -2.13. The van der Waals surface area contributed by atoms with E-state index in [1.807, 2.05) is 19.1 Å². The molecule has 0 atom stereocenters. The van der Waals surface area contributed by atoms with Crippen molar-refractivity contribution >= 4 is 17.3 Å². The third-order valence-electron chi connectivity index (χ3n) is 3.10. The number of anilines is 2. The number of phenols is 1. The van der Waals surface area contributed by atoms with Crippen LogP contribution < -0.4 is 10.6 Å². The molecule has 21 heavy (non-hydrogen) atoms. The maximum Gasteiger partial charge on any atom is 0.221 e. The van der Waals surface area contributed by atoms with Gasteiger partial charge in [0.2, 0.25) is 5.91 Å². The zero-order valence-electron chi connectivity index (χ0n) is 11.9. The van der Waals surface area contributed by atoms with E-state index in [2.05, 4.69) is 10.6 Å². The summed E-state index contributed by atoms with van der Waals surface area (Å²) in [6, 6.07) is 9.89. The summed E-state index contributed by atoms with van der Waals surface area (Å²) in [6.45, 7) is 3.65. The molecule has 3 N–H and O–H groups in total. The molecule has 4 nitrogen and oxygen atoms in total. The molecule has 2 aromatic rings. The van der Waals surface area contributed by atoms with Gasteiger partial charge in [-0.05, 0) is 30.7 Å². The van der Waals surface area contributed by atoms with Crippen LogP contribution in [-0.4, -0.2) is 11.0 Å². The molecule has 0 spiro atoms. The smallest absolute Gasteiger partial charge is 0.221 e. The van der Waals surface area contributed by atoms with Crippen LogP contribution in [0.3, 0.4) is 0 Å². The van der Waals surface area contributed by atoms with Crippen molar-refractivity contribution in [2.45, 2.75) is 20.4 Å². The molecule has 1 amide bonds. The third-order valence-corrected chi connectivity index (χ3v) is 3.10. The molecule has 0 aliphatic carbocycles. The second-order valence-electron chi connectivity index (χ2n) is 4.81. The lowest BCUT2D eigenvalue weighted by atomic mass is 10.1. The highest BCUT2D eigenvalue weighted by molar-refractivity contribution is 5.89. The topological polar surface area (TPSA) is 61.4 Å². The average Bonchev–Trinajstić information content (AvgIpc) is 2.43. The molecule has 0 unspecified atom stereocenters. The van der Waals surface area contributed by atoms with Crippen molar-refractivity contribution in [3.05, 3.63) is 53.3 Å². The minimum Gasteiger partial charge on any atom is -0.505 e. The molecule has 0 saturated heterocycles. The molecule has 2 aromatic carbocycles. The van der Waals surface area contributed by atoms with Crippen LogP contribution in [0.4, 0.5) is 15.8 Å². The van der Waals surface area contributed by atoms with Crippen molar-refractivity contribution in [3.63, 3.8) is 0 Å². The van der Waals surface area contributed by atoms with Gasteiger partial charge < -0.3 is 15.7 Å². The third kappa shape index (κ3) is 3.72. The van der Waals surface area contributed by atoms with E-state index in [-0.39, 0.29) is 18.2 Å². The largest absolute Gasteiger partial charge is 0.505 e. The Labute approximate surface area is 122 Å². The Bertz CT molecular complexity index is 671. The number of carbonyl (C=O) groups is 1. The van der Waals surface area contributed by atoms with Gasteiger partial charge >= 0.3 is 0 Å². The van der Waals surface area contributed by atoms with Gasteiger partial charge in [-0.25, -0.2) is 4.39 Å². The van der Waals surface area contributed by atoms with Crippen molar-refractivity contribution in [2.24, 2.45) is 0 Å². The maximum absolute atomic E-state index is 13.3. The molecule has 0 aromatic heterocycles. The second-order valence-corrected chi connectivity index (χ2v) is 4.81. The van der Waals surface area contributed by atoms with E-state index in [1.54, 1.807) is 18.2 Å². The molecule has 5 heteroatoms. The number of benzene rings is 2. The quantitative estimate of drug-likeness (QED) is 0.808. The number of halogens is 1. The summed E-state index contributed by atoms with van der Waals surface area (Å²) in [6.07, 6.45) is 0. The molecule has 0 radical (unpaired) electrons. The van der Waals surface area contributed by atoms with Crippen molar-refractivity contribution in [1.82, 2.24) is 0 Å². The normalized spacial score (nSPS) is 10.2. The van der Waals surface area contributed by atoms with E-state index in [0.717, 1.165) is 11.3 Å². The monoisotopic (exact) mass is 288 g/mol. The molecule has 0 aliphatic heterocycles. The van der Waals surface area contributed by atoms with E-state index in [4.69, 9.17) is 0 Å². The van der Waals surface area contributed by atoms with E-state index in [0.29, 0.717) is 11.3 Å². The van der Waals surface area contributed by atoms with Gasteiger partial charge in [-0.15, -0.1) is 0 Å². The van der Waals surface area contributed by atoms with E-state index in [9.17, 15) is 14.3 Å². The standard InChI is InChI=1S/C16H17FN2O2/c1-10-6-7-13(19-11(2)20)8-15(10)18-9-12-4-3-5-14(17)16(12)21/h3-8,18,21H,9H2,1-2H3,(H,19,20). The van der Waals surface area contributed by atoms with Gasteiger partial charge in [0.15, 0.2) is 11.6 Å². The highest BCUT2D eigenvalue weighted by Gasteiger charge is 2.07. The molecule has 110 valence electrons. The van der Waals surface area contributed by atoms with Gasteiger partial charge in [-0.3, -0.25) is 4.79 Å². The van der Waals surface area contributed by atoms with Crippen molar-refractivity contribution in [1.29, 1.82) is 0 Å². The van der Waals surface area contributed by atoms with Crippen LogP contribution in [0.15, 0.2) is 36.4 Å². The number of amides is 1. The number of carbonyl (C=O) groups excluding carboxylic acids is 1. The fourth-order valence-electron chi connectivity index (χ4n) is 1.99. The zero-order chi connectivity index (χ0) is 15.4. The van der Waals surface area contributed by atoms with Crippen LogP contribution in [0.1, 0.15) is 18.1 Å². The number of hydrogen-bond acceptors (Lipinski definition) is 3. The molecule has 2 rings (SSSR count). The summed E-state index contributed by atoms with van der Waals surface area (Å²) >= 11 is 0. The minimum absolute atomic E-state index is 0.146. The predicted octanol–water partition coefficient (Wildman–Crippen LogP) is 3.41. The van der Waals surface area contributed by atoms with Gasteiger partial charge in [-0.1, -0.05) is 18.2 Å². The van der Waals surface area contributed by atoms with E-state index < -0.39 is 5.82 Å².